The van der Waals surface area contributed by atoms with Crippen LogP contribution in [-0.2, 0) is 18.2 Å². The third kappa shape index (κ3) is 4.36. The van der Waals surface area contributed by atoms with Crippen molar-refractivity contribution in [3.05, 3.63) is 60.2 Å². The predicted octanol–water partition coefficient (Wildman–Crippen LogP) is 0.510. The number of ether oxygens (including phenoxy) is 1. The Morgan fingerprint density at radius 1 is 0.952 bits per heavy atom. The zero-order chi connectivity index (χ0) is 14.9. The molecule has 21 heavy (non-hydrogen) atoms. The van der Waals surface area contributed by atoms with Crippen LogP contribution < -0.4 is 9.13 Å². The van der Waals surface area contributed by atoms with Crippen molar-refractivity contribution in [3.63, 3.8) is 0 Å². The Morgan fingerprint density at radius 3 is 2.43 bits per heavy atom. The first-order valence-corrected chi connectivity index (χ1v) is 6.23. The van der Waals surface area contributed by atoms with E-state index in [2.05, 4.69) is 10.3 Å². The second kappa shape index (κ2) is 7.71. The lowest BCUT2D eigenvalue weighted by molar-refractivity contribution is -0.788. The Bertz CT molecular complexity index is 626. The summed E-state index contributed by atoms with van der Waals surface area (Å²) in [5.41, 5.74) is 1.53. The average Bonchev–Trinajstić information content (AvgIpc) is 2.51. The second-order valence-corrected chi connectivity index (χ2v) is 4.19. The SMILES string of the molecule is ON=Cc1cc[n+](COC[n+]2ccccc2C=NO)cc1. The number of rotatable bonds is 6. The van der Waals surface area contributed by atoms with Crippen molar-refractivity contribution in [1.29, 1.82) is 0 Å². The van der Waals surface area contributed by atoms with Crippen LogP contribution in [0.15, 0.2) is 59.2 Å². The molecule has 0 bridgehead atoms. The van der Waals surface area contributed by atoms with E-state index in [4.69, 9.17) is 15.2 Å². The molecule has 0 aromatic carbocycles. The van der Waals surface area contributed by atoms with E-state index in [0.717, 1.165) is 11.3 Å². The Balaban J connectivity index is 1.92. The lowest BCUT2D eigenvalue weighted by atomic mass is 10.3. The summed E-state index contributed by atoms with van der Waals surface area (Å²) < 4.78 is 9.25. The van der Waals surface area contributed by atoms with Gasteiger partial charge in [0.2, 0.25) is 5.69 Å². The molecule has 2 N–H and O–H groups in total. The molecule has 0 aliphatic heterocycles. The quantitative estimate of drug-likeness (QED) is 0.352. The Morgan fingerprint density at radius 2 is 1.71 bits per heavy atom. The predicted molar refractivity (Wildman–Crippen MR) is 73.1 cm³/mol. The van der Waals surface area contributed by atoms with E-state index < -0.39 is 0 Å². The fourth-order valence-corrected chi connectivity index (χ4v) is 1.74. The maximum Gasteiger partial charge on any atom is 0.258 e. The number of pyridine rings is 2. The maximum absolute atomic E-state index is 8.60. The van der Waals surface area contributed by atoms with Gasteiger partial charge in [0, 0.05) is 29.8 Å². The van der Waals surface area contributed by atoms with Crippen LogP contribution in [-0.4, -0.2) is 22.8 Å². The highest BCUT2D eigenvalue weighted by Crippen LogP contribution is 1.91. The minimum atomic E-state index is 0.328. The van der Waals surface area contributed by atoms with Crippen molar-refractivity contribution in [2.45, 2.75) is 13.5 Å². The van der Waals surface area contributed by atoms with E-state index in [1.165, 1.54) is 12.4 Å². The first-order valence-electron chi connectivity index (χ1n) is 6.23. The molecule has 2 rings (SSSR count). The second-order valence-electron chi connectivity index (χ2n) is 4.19. The molecule has 7 nitrogen and oxygen atoms in total. The van der Waals surface area contributed by atoms with E-state index in [0.29, 0.717) is 13.5 Å². The van der Waals surface area contributed by atoms with Gasteiger partial charge in [-0.15, -0.1) is 0 Å². The highest BCUT2D eigenvalue weighted by molar-refractivity contribution is 5.78. The molecule has 0 aliphatic rings. The van der Waals surface area contributed by atoms with Crippen LogP contribution in [0.2, 0.25) is 0 Å². The summed E-state index contributed by atoms with van der Waals surface area (Å²) in [6, 6.07) is 9.16. The van der Waals surface area contributed by atoms with Crippen molar-refractivity contribution >= 4 is 12.4 Å². The molecule has 0 saturated heterocycles. The third-order valence-corrected chi connectivity index (χ3v) is 2.76. The van der Waals surface area contributed by atoms with Gasteiger partial charge in [0.25, 0.3) is 13.5 Å². The molecular formula is C14H16N4O3+2. The Labute approximate surface area is 121 Å². The number of aromatic nitrogens is 2. The van der Waals surface area contributed by atoms with Crippen molar-refractivity contribution in [3.8, 4) is 0 Å². The van der Waals surface area contributed by atoms with E-state index in [9.17, 15) is 0 Å². The molecule has 0 spiro atoms. The summed E-state index contributed by atoms with van der Waals surface area (Å²) in [5, 5.41) is 23.0. The van der Waals surface area contributed by atoms with Gasteiger partial charge in [-0.25, -0.2) is 0 Å². The minimum Gasteiger partial charge on any atom is -0.411 e. The van der Waals surface area contributed by atoms with Gasteiger partial charge < -0.3 is 10.4 Å². The van der Waals surface area contributed by atoms with Gasteiger partial charge >= 0.3 is 0 Å². The van der Waals surface area contributed by atoms with Crippen LogP contribution in [0, 0.1) is 0 Å². The molecule has 2 heterocycles. The highest BCUT2D eigenvalue weighted by Gasteiger charge is 2.08. The van der Waals surface area contributed by atoms with Crippen molar-refractivity contribution in [1.82, 2.24) is 0 Å². The Kier molecular flexibility index (Phi) is 5.36. The standard InChI is InChI=1S/C14H14N4O3/c19-15-9-13-4-7-17(8-5-13)11-21-12-18-6-2-1-3-14(18)10-16-20/h1-10H,11-12H2/p+2. The van der Waals surface area contributed by atoms with Crippen LogP contribution in [0.5, 0.6) is 0 Å². The van der Waals surface area contributed by atoms with Gasteiger partial charge in [0.15, 0.2) is 18.6 Å². The number of hydrogen-bond acceptors (Lipinski definition) is 5. The topological polar surface area (TPSA) is 82.2 Å². The lowest BCUT2D eigenvalue weighted by Gasteiger charge is -2.00. The van der Waals surface area contributed by atoms with Gasteiger partial charge in [-0.3, -0.25) is 4.74 Å². The van der Waals surface area contributed by atoms with E-state index in [-0.39, 0.29) is 0 Å². The van der Waals surface area contributed by atoms with Crippen molar-refractivity contribution in [2.75, 3.05) is 0 Å². The van der Waals surface area contributed by atoms with Crippen LogP contribution in [0.25, 0.3) is 0 Å². The van der Waals surface area contributed by atoms with E-state index >= 15 is 0 Å². The number of nitrogens with zero attached hydrogens (tertiary/aromatic N) is 4. The first kappa shape index (κ1) is 14.6. The zero-order valence-corrected chi connectivity index (χ0v) is 11.3. The van der Waals surface area contributed by atoms with Crippen LogP contribution in [0.4, 0.5) is 0 Å². The fraction of sp³-hybridized carbons (Fsp3) is 0.143. The lowest BCUT2D eigenvalue weighted by Crippen LogP contribution is -2.42. The molecule has 7 heteroatoms. The summed E-state index contributed by atoms with van der Waals surface area (Å²) >= 11 is 0. The molecule has 2 aromatic rings. The fourth-order valence-electron chi connectivity index (χ4n) is 1.74. The van der Waals surface area contributed by atoms with Crippen molar-refractivity contribution in [2.24, 2.45) is 10.3 Å². The third-order valence-electron chi connectivity index (χ3n) is 2.76. The summed E-state index contributed by atoms with van der Waals surface area (Å²) in [4.78, 5) is 0. The molecule has 0 amide bonds. The summed E-state index contributed by atoms with van der Waals surface area (Å²) in [6.07, 6.45) is 8.18. The molecule has 0 saturated carbocycles. The first-order chi connectivity index (χ1) is 10.3. The normalized spacial score (nSPS) is 11.4. The van der Waals surface area contributed by atoms with Crippen LogP contribution in [0.1, 0.15) is 11.3 Å². The number of oxime groups is 2. The summed E-state index contributed by atoms with van der Waals surface area (Å²) in [5.74, 6) is 0. The van der Waals surface area contributed by atoms with Gasteiger partial charge in [0.05, 0.1) is 6.21 Å². The van der Waals surface area contributed by atoms with Gasteiger partial charge in [-0.1, -0.05) is 10.3 Å². The molecular weight excluding hydrogens is 272 g/mol. The number of hydrogen-bond donors (Lipinski definition) is 2. The Hall–Kier alpha value is -2.80. The van der Waals surface area contributed by atoms with Crippen LogP contribution in [0.3, 0.4) is 0 Å². The highest BCUT2D eigenvalue weighted by atomic mass is 16.5. The van der Waals surface area contributed by atoms with Crippen LogP contribution >= 0.6 is 0 Å². The van der Waals surface area contributed by atoms with E-state index in [1.807, 2.05) is 58.1 Å². The van der Waals surface area contributed by atoms with Crippen molar-refractivity contribution < 1.29 is 24.3 Å². The zero-order valence-electron chi connectivity index (χ0n) is 11.3. The monoisotopic (exact) mass is 288 g/mol. The summed E-state index contributed by atoms with van der Waals surface area (Å²) in [7, 11) is 0. The largest absolute Gasteiger partial charge is 0.411 e. The molecule has 0 unspecified atom stereocenters. The molecule has 0 fully saturated rings. The van der Waals surface area contributed by atoms with Gasteiger partial charge in [0.1, 0.15) is 6.21 Å². The molecule has 108 valence electrons. The summed E-state index contributed by atoms with van der Waals surface area (Å²) in [6.45, 7) is 0.698. The minimum absolute atomic E-state index is 0.328. The van der Waals surface area contributed by atoms with E-state index in [1.54, 1.807) is 0 Å². The smallest absolute Gasteiger partial charge is 0.258 e. The average molecular weight is 288 g/mol. The maximum atomic E-state index is 8.60. The molecule has 0 atom stereocenters. The molecule has 2 aromatic heterocycles. The molecule has 0 radical (unpaired) electrons. The molecule has 0 aliphatic carbocycles. The van der Waals surface area contributed by atoms with Gasteiger partial charge in [-0.05, 0) is 6.07 Å². The van der Waals surface area contributed by atoms with Gasteiger partial charge in [-0.2, -0.15) is 9.13 Å².